The maximum absolute atomic E-state index is 2.47. The molecule has 0 saturated carbocycles. The molecule has 0 unspecified atom stereocenters. The molecule has 11 rings (SSSR count). The first-order valence-electron chi connectivity index (χ1n) is 18.1. The molecule has 0 heterocycles. The summed E-state index contributed by atoms with van der Waals surface area (Å²) < 4.78 is 0. The minimum absolute atomic E-state index is 1.22. The van der Waals surface area contributed by atoms with Crippen LogP contribution in [0.3, 0.4) is 0 Å². The van der Waals surface area contributed by atoms with Gasteiger partial charge in [0.15, 0.2) is 0 Å². The quantitative estimate of drug-likeness (QED) is 0.131. The molecule has 0 spiro atoms. The van der Waals surface area contributed by atoms with Crippen molar-refractivity contribution in [1.29, 1.82) is 0 Å². The fraction of sp³-hybridized carbons (Fsp3) is 0. The van der Waals surface area contributed by atoms with Gasteiger partial charge in [0.05, 0.1) is 0 Å². The lowest BCUT2D eigenvalue weighted by molar-refractivity contribution is 1.61. The van der Waals surface area contributed by atoms with Gasteiger partial charge in [-0.3, -0.25) is 0 Å². The molecule has 11 aromatic carbocycles. The first-order valence-corrected chi connectivity index (χ1v) is 18.1. The van der Waals surface area contributed by atoms with Crippen molar-refractivity contribution < 1.29 is 0 Å². The smallest absolute Gasteiger partial charge is 0.00134 e. The van der Waals surface area contributed by atoms with Gasteiger partial charge < -0.3 is 0 Å². The molecule has 0 aliphatic carbocycles. The Hall–Kier alpha value is -6.76. The summed E-state index contributed by atoms with van der Waals surface area (Å²) in [5.41, 5.74) is 9.93. The standard InChI is InChI=1S/C52H32/c1-3-10-33(11-4-1)35-18-22-39(23-19-35)49-45-30-41-14-7-8-15-42(41)31-46(45)50(40-24-20-36(21-25-40)34-12-5-2-6-13-34)52-44-29-28-38-17-9-16-37-26-27-43(32-47(49)52)51(44)48(37)38/h1-32H. The molecule has 0 aliphatic rings. The lowest BCUT2D eigenvalue weighted by Crippen LogP contribution is -1.94. The predicted molar refractivity (Wildman–Crippen MR) is 224 cm³/mol. The van der Waals surface area contributed by atoms with Crippen LogP contribution in [-0.2, 0) is 0 Å². The molecule has 0 radical (unpaired) electrons. The van der Waals surface area contributed by atoms with Crippen LogP contribution >= 0.6 is 0 Å². The Kier molecular flexibility index (Phi) is 6.35. The van der Waals surface area contributed by atoms with Gasteiger partial charge >= 0.3 is 0 Å². The molecule has 11 aromatic rings. The van der Waals surface area contributed by atoms with Crippen LogP contribution in [0.15, 0.2) is 194 Å². The van der Waals surface area contributed by atoms with E-state index in [1.807, 2.05) is 0 Å². The van der Waals surface area contributed by atoms with Gasteiger partial charge in [0.25, 0.3) is 0 Å². The highest BCUT2D eigenvalue weighted by molar-refractivity contribution is 6.36. The second-order valence-electron chi connectivity index (χ2n) is 14.0. The average molecular weight is 657 g/mol. The second kappa shape index (κ2) is 11.4. The Balaban J connectivity index is 1.31. The van der Waals surface area contributed by atoms with Crippen molar-refractivity contribution in [3.8, 4) is 44.5 Å². The van der Waals surface area contributed by atoms with E-state index < -0.39 is 0 Å². The molecule has 52 heavy (non-hydrogen) atoms. The molecule has 240 valence electrons. The minimum Gasteiger partial charge on any atom is -0.0622 e. The van der Waals surface area contributed by atoms with E-state index in [1.54, 1.807) is 0 Å². The zero-order chi connectivity index (χ0) is 34.2. The summed E-state index contributed by atoms with van der Waals surface area (Å²) in [5, 5.41) is 15.5. The van der Waals surface area contributed by atoms with Gasteiger partial charge in [-0.15, -0.1) is 0 Å². The summed E-state index contributed by atoms with van der Waals surface area (Å²) >= 11 is 0. The van der Waals surface area contributed by atoms with Crippen LogP contribution in [0.2, 0.25) is 0 Å². The monoisotopic (exact) mass is 656 g/mol. The van der Waals surface area contributed by atoms with Crippen LogP contribution in [-0.4, -0.2) is 0 Å². The molecule has 0 heteroatoms. The number of fused-ring (bicyclic) bond motifs is 4. The summed E-state index contributed by atoms with van der Waals surface area (Å²) in [5.74, 6) is 0. The summed E-state index contributed by atoms with van der Waals surface area (Å²) in [4.78, 5) is 0. The second-order valence-corrected chi connectivity index (χ2v) is 14.0. The molecule has 0 aliphatic heterocycles. The van der Waals surface area contributed by atoms with E-state index in [0.29, 0.717) is 0 Å². The van der Waals surface area contributed by atoms with Crippen molar-refractivity contribution >= 4 is 64.6 Å². The molecule has 0 atom stereocenters. The van der Waals surface area contributed by atoms with E-state index in [1.165, 1.54) is 109 Å². The van der Waals surface area contributed by atoms with Gasteiger partial charge in [0, 0.05) is 0 Å². The Morgan fingerprint density at radius 2 is 0.615 bits per heavy atom. The number of rotatable bonds is 4. The predicted octanol–water partition coefficient (Wildman–Crippen LogP) is 14.7. The molecule has 0 bridgehead atoms. The van der Waals surface area contributed by atoms with E-state index in [9.17, 15) is 0 Å². The lowest BCUT2D eigenvalue weighted by atomic mass is 9.81. The van der Waals surface area contributed by atoms with Crippen LogP contribution in [0.5, 0.6) is 0 Å². The van der Waals surface area contributed by atoms with Crippen LogP contribution < -0.4 is 0 Å². The lowest BCUT2D eigenvalue weighted by Gasteiger charge is -2.22. The highest BCUT2D eigenvalue weighted by Gasteiger charge is 2.22. The fourth-order valence-corrected chi connectivity index (χ4v) is 8.74. The highest BCUT2D eigenvalue weighted by Crippen LogP contribution is 2.50. The summed E-state index contributed by atoms with van der Waals surface area (Å²) in [6, 6.07) is 71.9. The first kappa shape index (κ1) is 29.0. The summed E-state index contributed by atoms with van der Waals surface area (Å²) in [6.45, 7) is 0. The molecule has 0 nitrogen and oxygen atoms in total. The van der Waals surface area contributed by atoms with E-state index >= 15 is 0 Å². The normalized spacial score (nSPS) is 11.8. The van der Waals surface area contributed by atoms with Crippen molar-refractivity contribution in [2.75, 3.05) is 0 Å². The number of benzene rings is 11. The Labute approximate surface area is 302 Å². The molecular weight excluding hydrogens is 625 g/mol. The Bertz CT molecular complexity index is 3100. The van der Waals surface area contributed by atoms with Gasteiger partial charge in [-0.1, -0.05) is 176 Å². The molecule has 0 saturated heterocycles. The average Bonchev–Trinajstić information content (AvgIpc) is 3.22. The van der Waals surface area contributed by atoms with Crippen molar-refractivity contribution in [1.82, 2.24) is 0 Å². The van der Waals surface area contributed by atoms with Gasteiger partial charge in [0.1, 0.15) is 0 Å². The largest absolute Gasteiger partial charge is 0.0622 e. The zero-order valence-corrected chi connectivity index (χ0v) is 28.5. The van der Waals surface area contributed by atoms with E-state index in [0.717, 1.165) is 0 Å². The maximum atomic E-state index is 2.47. The van der Waals surface area contributed by atoms with Crippen LogP contribution in [0.4, 0.5) is 0 Å². The van der Waals surface area contributed by atoms with Gasteiger partial charge in [0.2, 0.25) is 0 Å². The van der Waals surface area contributed by atoms with Crippen LogP contribution in [0, 0.1) is 0 Å². The third-order valence-electron chi connectivity index (χ3n) is 11.2. The molecule has 0 amide bonds. The number of hydrogen-bond acceptors (Lipinski definition) is 0. The van der Waals surface area contributed by atoms with E-state index in [-0.39, 0.29) is 0 Å². The van der Waals surface area contributed by atoms with Gasteiger partial charge in [-0.2, -0.15) is 0 Å². The van der Waals surface area contributed by atoms with E-state index in [4.69, 9.17) is 0 Å². The highest BCUT2D eigenvalue weighted by atomic mass is 14.2. The van der Waals surface area contributed by atoms with E-state index in [2.05, 4.69) is 194 Å². The van der Waals surface area contributed by atoms with Crippen molar-refractivity contribution in [2.24, 2.45) is 0 Å². The summed E-state index contributed by atoms with van der Waals surface area (Å²) in [7, 11) is 0. The van der Waals surface area contributed by atoms with Crippen LogP contribution in [0.25, 0.3) is 109 Å². The molecule has 0 fully saturated rings. The SMILES string of the molecule is c1ccc(-c2ccc(-c3c4cc5ccccc5cc4c(-c4ccc(-c5ccccc5)cc4)c4c3cc3ccc5cccc6ccc4c3c56)cc2)cc1. The van der Waals surface area contributed by atoms with Crippen LogP contribution in [0.1, 0.15) is 0 Å². The Morgan fingerprint density at radius 3 is 1.21 bits per heavy atom. The fourth-order valence-electron chi connectivity index (χ4n) is 8.74. The minimum atomic E-state index is 1.22. The first-order chi connectivity index (χ1) is 25.8. The molecule has 0 aromatic heterocycles. The van der Waals surface area contributed by atoms with Crippen molar-refractivity contribution in [3.05, 3.63) is 194 Å². The number of hydrogen-bond donors (Lipinski definition) is 0. The maximum Gasteiger partial charge on any atom is -0.00134 e. The van der Waals surface area contributed by atoms with Crippen molar-refractivity contribution in [2.45, 2.75) is 0 Å². The topological polar surface area (TPSA) is 0 Å². The third kappa shape index (κ3) is 4.41. The Morgan fingerprint density at radius 1 is 0.192 bits per heavy atom. The zero-order valence-electron chi connectivity index (χ0n) is 28.5. The summed E-state index contributed by atoms with van der Waals surface area (Å²) in [6.07, 6.45) is 0. The molecule has 0 N–H and O–H groups in total. The molecular formula is C52H32. The van der Waals surface area contributed by atoms with Crippen molar-refractivity contribution in [3.63, 3.8) is 0 Å². The van der Waals surface area contributed by atoms with Gasteiger partial charge in [-0.05, 0) is 127 Å². The van der Waals surface area contributed by atoms with Gasteiger partial charge in [-0.25, -0.2) is 0 Å². The third-order valence-corrected chi connectivity index (χ3v) is 11.2.